The summed E-state index contributed by atoms with van der Waals surface area (Å²) in [6.07, 6.45) is 8.03. The molecule has 2 heterocycles. The smallest absolute Gasteiger partial charge is 0.126 e. The SMILES string of the molecule is COc1ccc(CNc2ccc3cc4c(cc3n2)[C@]23CCCC[C@@H]2[C@H](C4)N(C)CC3)cc1. The van der Waals surface area contributed by atoms with Crippen LogP contribution in [0.5, 0.6) is 5.75 Å². The number of hydrogen-bond acceptors (Lipinski definition) is 4. The molecule has 0 spiro atoms. The third-order valence-electron chi connectivity index (χ3n) is 8.55. The molecule has 0 radical (unpaired) electrons. The van der Waals surface area contributed by atoms with Crippen LogP contribution in [0.4, 0.5) is 5.82 Å². The molecule has 3 aromatic rings. The monoisotopic (exact) mass is 427 g/mol. The molecule has 6 rings (SSSR count). The predicted octanol–water partition coefficient (Wildman–Crippen LogP) is 5.54. The molecule has 1 aliphatic heterocycles. The maximum Gasteiger partial charge on any atom is 0.126 e. The molecule has 1 saturated carbocycles. The van der Waals surface area contributed by atoms with Crippen LogP contribution in [0.15, 0.2) is 48.5 Å². The summed E-state index contributed by atoms with van der Waals surface area (Å²) in [5.74, 6) is 2.65. The van der Waals surface area contributed by atoms with E-state index in [-0.39, 0.29) is 0 Å². The van der Waals surface area contributed by atoms with Gasteiger partial charge in [-0.3, -0.25) is 0 Å². The number of benzene rings is 2. The first kappa shape index (κ1) is 20.0. The molecule has 1 saturated heterocycles. The number of anilines is 1. The van der Waals surface area contributed by atoms with Crippen molar-refractivity contribution in [3.63, 3.8) is 0 Å². The molecule has 32 heavy (non-hydrogen) atoms. The van der Waals surface area contributed by atoms with Crippen molar-refractivity contribution in [1.29, 1.82) is 0 Å². The van der Waals surface area contributed by atoms with Gasteiger partial charge >= 0.3 is 0 Å². The molecular weight excluding hydrogens is 394 g/mol. The third-order valence-corrected chi connectivity index (χ3v) is 8.55. The first-order valence-corrected chi connectivity index (χ1v) is 12.2. The topological polar surface area (TPSA) is 37.4 Å². The molecule has 2 aromatic carbocycles. The lowest BCUT2D eigenvalue weighted by molar-refractivity contribution is 0.00298. The van der Waals surface area contributed by atoms with Gasteiger partial charge in [0.1, 0.15) is 11.6 Å². The fourth-order valence-corrected chi connectivity index (χ4v) is 6.86. The van der Waals surface area contributed by atoms with E-state index in [0.717, 1.165) is 29.5 Å². The Morgan fingerprint density at radius 1 is 1.09 bits per heavy atom. The van der Waals surface area contributed by atoms with Gasteiger partial charge in [0, 0.05) is 23.4 Å². The summed E-state index contributed by atoms with van der Waals surface area (Å²) in [5, 5.41) is 4.78. The van der Waals surface area contributed by atoms with Crippen molar-refractivity contribution in [2.75, 3.05) is 26.0 Å². The normalized spacial score (nSPS) is 26.9. The van der Waals surface area contributed by atoms with Crippen LogP contribution in [0, 0.1) is 5.92 Å². The van der Waals surface area contributed by atoms with E-state index in [9.17, 15) is 0 Å². The van der Waals surface area contributed by atoms with Crippen molar-refractivity contribution in [2.45, 2.75) is 56.5 Å². The fourth-order valence-electron chi connectivity index (χ4n) is 6.86. The number of methoxy groups -OCH3 is 1. The van der Waals surface area contributed by atoms with Gasteiger partial charge in [-0.25, -0.2) is 4.98 Å². The van der Waals surface area contributed by atoms with E-state index in [4.69, 9.17) is 9.72 Å². The molecule has 4 nitrogen and oxygen atoms in total. The van der Waals surface area contributed by atoms with Crippen LogP contribution in [0.25, 0.3) is 10.9 Å². The molecule has 2 fully saturated rings. The zero-order valence-corrected chi connectivity index (χ0v) is 19.2. The van der Waals surface area contributed by atoms with Crippen LogP contribution < -0.4 is 10.1 Å². The van der Waals surface area contributed by atoms with Gasteiger partial charge in [-0.1, -0.05) is 25.0 Å². The van der Waals surface area contributed by atoms with Crippen molar-refractivity contribution in [3.8, 4) is 5.75 Å². The number of piperidine rings is 1. The maximum absolute atomic E-state index is 5.26. The Morgan fingerprint density at radius 2 is 1.97 bits per heavy atom. The van der Waals surface area contributed by atoms with E-state index in [2.05, 4.69) is 53.7 Å². The molecule has 3 aliphatic rings. The third kappa shape index (κ3) is 3.19. The molecule has 2 bridgehead atoms. The second-order valence-electron chi connectivity index (χ2n) is 10.1. The zero-order chi connectivity index (χ0) is 21.7. The number of likely N-dealkylation sites (N-methyl/N-ethyl adjacent to an activating group) is 1. The van der Waals surface area contributed by atoms with Gasteiger partial charge in [-0.15, -0.1) is 0 Å². The number of likely N-dealkylation sites (tertiary alicyclic amines) is 1. The van der Waals surface area contributed by atoms with Crippen LogP contribution in [-0.4, -0.2) is 36.6 Å². The minimum absolute atomic E-state index is 0.380. The molecule has 2 aliphatic carbocycles. The highest BCUT2D eigenvalue weighted by Gasteiger charge is 2.53. The van der Waals surface area contributed by atoms with Gasteiger partial charge in [0.25, 0.3) is 0 Å². The first-order chi connectivity index (χ1) is 15.7. The minimum atomic E-state index is 0.380. The Balaban J connectivity index is 1.33. The first-order valence-electron chi connectivity index (χ1n) is 12.2. The van der Waals surface area contributed by atoms with E-state index in [1.54, 1.807) is 18.2 Å². The van der Waals surface area contributed by atoms with E-state index < -0.39 is 0 Å². The second kappa shape index (κ2) is 7.77. The number of pyridine rings is 1. The van der Waals surface area contributed by atoms with Gasteiger partial charge in [0.15, 0.2) is 0 Å². The van der Waals surface area contributed by atoms with E-state index in [1.807, 2.05) is 12.1 Å². The highest BCUT2D eigenvalue weighted by Crippen LogP contribution is 2.55. The van der Waals surface area contributed by atoms with Crippen molar-refractivity contribution in [3.05, 3.63) is 65.2 Å². The highest BCUT2D eigenvalue weighted by molar-refractivity contribution is 5.82. The average molecular weight is 428 g/mol. The number of aromatic nitrogens is 1. The number of ether oxygens (including phenoxy) is 1. The van der Waals surface area contributed by atoms with Crippen LogP contribution >= 0.6 is 0 Å². The molecule has 1 aromatic heterocycles. The Kier molecular flexibility index (Phi) is 4.87. The molecule has 1 N–H and O–H groups in total. The lowest BCUT2D eigenvalue weighted by Gasteiger charge is -2.58. The minimum Gasteiger partial charge on any atom is -0.497 e. The average Bonchev–Trinajstić information content (AvgIpc) is 2.84. The number of nitrogens with zero attached hydrogens (tertiary/aromatic N) is 2. The molecule has 4 heteroatoms. The van der Waals surface area contributed by atoms with Crippen LogP contribution in [0.2, 0.25) is 0 Å². The lowest BCUT2D eigenvalue weighted by Crippen LogP contribution is -2.59. The number of nitrogens with one attached hydrogen (secondary N) is 1. The summed E-state index contributed by atoms with van der Waals surface area (Å²) in [7, 11) is 4.04. The lowest BCUT2D eigenvalue weighted by atomic mass is 9.52. The largest absolute Gasteiger partial charge is 0.497 e. The van der Waals surface area contributed by atoms with Gasteiger partial charge < -0.3 is 15.0 Å². The quantitative estimate of drug-likeness (QED) is 0.593. The van der Waals surface area contributed by atoms with Gasteiger partial charge in [0.2, 0.25) is 0 Å². The van der Waals surface area contributed by atoms with Crippen molar-refractivity contribution < 1.29 is 4.74 Å². The molecular formula is C28H33N3O. The van der Waals surface area contributed by atoms with Gasteiger partial charge in [-0.2, -0.15) is 0 Å². The summed E-state index contributed by atoms with van der Waals surface area (Å²) < 4.78 is 5.26. The standard InChI is InChI=1S/C28H33N3O/c1-31-14-13-28-12-4-3-5-23(28)26(31)16-21-15-20-8-11-27(30-25(20)17-24(21)28)29-18-19-6-9-22(32-2)10-7-19/h6-11,15,17,23,26H,3-5,12-14,16,18H2,1-2H3,(H,29,30)/t23-,26+,28+/m1/s1. The van der Waals surface area contributed by atoms with Crippen LogP contribution in [0.3, 0.4) is 0 Å². The predicted molar refractivity (Wildman–Crippen MR) is 130 cm³/mol. The summed E-state index contributed by atoms with van der Waals surface area (Å²) in [4.78, 5) is 7.69. The summed E-state index contributed by atoms with van der Waals surface area (Å²) in [6, 6.07) is 18.2. The van der Waals surface area contributed by atoms with Crippen molar-refractivity contribution >= 4 is 16.7 Å². The zero-order valence-electron chi connectivity index (χ0n) is 19.2. The Bertz CT molecular complexity index is 1140. The fraction of sp³-hybridized carbons (Fsp3) is 0.464. The van der Waals surface area contributed by atoms with Crippen LogP contribution in [0.1, 0.15) is 48.8 Å². The molecule has 3 atom stereocenters. The molecule has 0 unspecified atom stereocenters. The van der Waals surface area contributed by atoms with E-state index >= 15 is 0 Å². The summed E-state index contributed by atoms with van der Waals surface area (Å²) in [5.41, 5.74) is 5.94. The van der Waals surface area contributed by atoms with E-state index in [0.29, 0.717) is 11.5 Å². The van der Waals surface area contributed by atoms with Crippen LogP contribution in [-0.2, 0) is 18.4 Å². The second-order valence-corrected chi connectivity index (χ2v) is 10.1. The van der Waals surface area contributed by atoms with Crippen molar-refractivity contribution in [1.82, 2.24) is 9.88 Å². The molecule has 166 valence electrons. The summed E-state index contributed by atoms with van der Waals surface area (Å²) >= 11 is 0. The summed E-state index contributed by atoms with van der Waals surface area (Å²) in [6.45, 7) is 1.99. The number of fused-ring (bicyclic) bond motifs is 2. The number of rotatable bonds is 4. The van der Waals surface area contributed by atoms with Gasteiger partial charge in [-0.05, 0) is 98.3 Å². The Morgan fingerprint density at radius 3 is 2.81 bits per heavy atom. The molecule has 0 amide bonds. The Labute approximate surface area is 191 Å². The Hall–Kier alpha value is -2.59. The van der Waals surface area contributed by atoms with Crippen molar-refractivity contribution in [2.24, 2.45) is 5.92 Å². The maximum atomic E-state index is 5.26. The van der Waals surface area contributed by atoms with Gasteiger partial charge in [0.05, 0.1) is 12.6 Å². The van der Waals surface area contributed by atoms with E-state index in [1.165, 1.54) is 56.0 Å². The highest BCUT2D eigenvalue weighted by atomic mass is 16.5. The number of hydrogen-bond donors (Lipinski definition) is 1.